The number of rotatable bonds is 7. The van der Waals surface area contributed by atoms with Gasteiger partial charge in [0.05, 0.1) is 6.61 Å². The maximum absolute atomic E-state index is 5.51. The normalized spacial score (nSPS) is 19.0. The molecule has 1 rings (SSSR count). The van der Waals surface area contributed by atoms with Gasteiger partial charge in [-0.2, -0.15) is 0 Å². The fraction of sp³-hybridized carbons (Fsp3) is 1.00. The van der Waals surface area contributed by atoms with Crippen LogP contribution in [0.5, 0.6) is 0 Å². The van der Waals surface area contributed by atoms with Crippen LogP contribution in [-0.2, 0) is 4.74 Å². The highest BCUT2D eigenvalue weighted by atomic mass is 35.5. The monoisotopic (exact) mass is 233 g/mol. The molecule has 0 aromatic carbocycles. The van der Waals surface area contributed by atoms with Crippen LogP contribution in [0.2, 0.25) is 0 Å². The molecule has 0 amide bonds. The molecule has 1 N–H and O–H groups in total. The highest BCUT2D eigenvalue weighted by Gasteiger charge is 2.10. The van der Waals surface area contributed by atoms with Crippen LogP contribution in [0.1, 0.15) is 44.9 Å². The summed E-state index contributed by atoms with van der Waals surface area (Å²) in [5.41, 5.74) is 0. The number of alkyl halides is 1. The van der Waals surface area contributed by atoms with Gasteiger partial charge in [-0.15, -0.1) is 11.6 Å². The Hall–Kier alpha value is 0.210. The summed E-state index contributed by atoms with van der Waals surface area (Å²) in [4.78, 5) is 0. The molecule has 0 aliphatic heterocycles. The lowest BCUT2D eigenvalue weighted by Crippen LogP contribution is -2.29. The maximum atomic E-state index is 5.51. The molecule has 1 fully saturated rings. The Morgan fingerprint density at radius 2 is 1.80 bits per heavy atom. The molecule has 0 bridgehead atoms. The van der Waals surface area contributed by atoms with E-state index in [1.54, 1.807) is 0 Å². The van der Waals surface area contributed by atoms with Gasteiger partial charge in [0.15, 0.2) is 0 Å². The van der Waals surface area contributed by atoms with E-state index in [9.17, 15) is 0 Å². The molecule has 1 saturated carbocycles. The van der Waals surface area contributed by atoms with Crippen LogP contribution in [0.25, 0.3) is 0 Å². The number of ether oxygens (including phenoxy) is 1. The van der Waals surface area contributed by atoms with Crippen molar-refractivity contribution in [2.45, 2.75) is 51.0 Å². The first-order valence-corrected chi connectivity index (χ1v) is 6.84. The Balaban J connectivity index is 1.89. The summed E-state index contributed by atoms with van der Waals surface area (Å²) < 4.78 is 5.32. The number of nitrogens with one attached hydrogen (secondary N) is 1. The van der Waals surface area contributed by atoms with Crippen LogP contribution in [-0.4, -0.2) is 31.7 Å². The van der Waals surface area contributed by atoms with Gasteiger partial charge in [0.25, 0.3) is 0 Å². The van der Waals surface area contributed by atoms with Crippen molar-refractivity contribution in [2.24, 2.45) is 0 Å². The van der Waals surface area contributed by atoms with Crippen molar-refractivity contribution in [1.82, 2.24) is 5.32 Å². The average Bonchev–Trinajstić information content (AvgIpc) is 2.52. The van der Waals surface area contributed by atoms with E-state index in [4.69, 9.17) is 16.3 Å². The van der Waals surface area contributed by atoms with Crippen LogP contribution in [0.3, 0.4) is 0 Å². The molecule has 0 aromatic heterocycles. The van der Waals surface area contributed by atoms with Crippen LogP contribution >= 0.6 is 11.6 Å². The molecule has 0 aromatic rings. The lowest BCUT2D eigenvalue weighted by Gasteiger charge is -2.15. The summed E-state index contributed by atoms with van der Waals surface area (Å²) in [5, 5.41) is 3.63. The van der Waals surface area contributed by atoms with Crippen molar-refractivity contribution in [3.8, 4) is 0 Å². The van der Waals surface area contributed by atoms with Gasteiger partial charge in [-0.25, -0.2) is 0 Å². The molecule has 3 heteroatoms. The number of hydrogen-bond donors (Lipinski definition) is 1. The summed E-state index contributed by atoms with van der Waals surface area (Å²) in [6.45, 7) is 2.62. The lowest BCUT2D eigenvalue weighted by molar-refractivity contribution is 0.145. The summed E-state index contributed by atoms with van der Waals surface area (Å²) in [6.07, 6.45) is 9.49. The highest BCUT2D eigenvalue weighted by molar-refractivity contribution is 6.17. The Morgan fingerprint density at radius 3 is 2.47 bits per heavy atom. The van der Waals surface area contributed by atoms with Crippen LogP contribution in [0.15, 0.2) is 0 Å². The molecule has 1 aliphatic carbocycles. The van der Waals surface area contributed by atoms with Crippen molar-refractivity contribution in [3.63, 3.8) is 0 Å². The van der Waals surface area contributed by atoms with Crippen molar-refractivity contribution in [2.75, 3.05) is 25.6 Å². The summed E-state index contributed by atoms with van der Waals surface area (Å²) in [6, 6.07) is 0.764. The molecule has 0 heterocycles. The van der Waals surface area contributed by atoms with Gasteiger partial charge in [-0.3, -0.25) is 0 Å². The Morgan fingerprint density at radius 1 is 1.07 bits per heavy atom. The molecule has 0 saturated heterocycles. The summed E-state index contributed by atoms with van der Waals surface area (Å²) >= 11 is 5.51. The van der Waals surface area contributed by atoms with E-state index >= 15 is 0 Å². The molecule has 90 valence electrons. The van der Waals surface area contributed by atoms with E-state index in [0.29, 0.717) is 12.5 Å². The largest absolute Gasteiger partial charge is 0.380 e. The second-order valence-electron chi connectivity index (χ2n) is 4.30. The maximum Gasteiger partial charge on any atom is 0.0601 e. The molecule has 1 aliphatic rings. The first-order valence-electron chi connectivity index (χ1n) is 6.30. The number of hydrogen-bond acceptors (Lipinski definition) is 2. The van der Waals surface area contributed by atoms with Gasteiger partial charge in [0, 0.05) is 18.5 Å². The molecular formula is C12H24ClNO. The van der Waals surface area contributed by atoms with Crippen molar-refractivity contribution in [3.05, 3.63) is 0 Å². The minimum atomic E-state index is 0.607. The van der Waals surface area contributed by atoms with Gasteiger partial charge in [-0.05, 0) is 25.8 Å². The second kappa shape index (κ2) is 9.44. The molecule has 0 unspecified atom stereocenters. The summed E-state index contributed by atoms with van der Waals surface area (Å²) in [7, 11) is 0. The number of halogens is 1. The van der Waals surface area contributed by atoms with Crippen molar-refractivity contribution >= 4 is 11.6 Å². The van der Waals surface area contributed by atoms with Crippen molar-refractivity contribution < 1.29 is 4.74 Å². The molecular weight excluding hydrogens is 210 g/mol. The Kier molecular flexibility index (Phi) is 8.35. The van der Waals surface area contributed by atoms with Crippen molar-refractivity contribution in [1.29, 1.82) is 0 Å². The van der Waals surface area contributed by atoms with Crippen LogP contribution < -0.4 is 5.32 Å². The van der Waals surface area contributed by atoms with Gasteiger partial charge in [0.2, 0.25) is 0 Å². The predicted octanol–water partition coefficient (Wildman–Crippen LogP) is 2.94. The zero-order chi connectivity index (χ0) is 10.8. The first kappa shape index (κ1) is 13.3. The topological polar surface area (TPSA) is 21.3 Å². The van der Waals surface area contributed by atoms with E-state index in [1.165, 1.54) is 38.5 Å². The zero-order valence-corrected chi connectivity index (χ0v) is 10.4. The van der Waals surface area contributed by atoms with E-state index in [-0.39, 0.29) is 0 Å². The molecule has 0 spiro atoms. The SMILES string of the molecule is ClCCOCCCNC1CCCCCC1. The smallest absolute Gasteiger partial charge is 0.0601 e. The van der Waals surface area contributed by atoms with E-state index in [2.05, 4.69) is 5.32 Å². The highest BCUT2D eigenvalue weighted by Crippen LogP contribution is 2.16. The van der Waals surface area contributed by atoms with Crippen LogP contribution in [0, 0.1) is 0 Å². The molecule has 15 heavy (non-hydrogen) atoms. The third kappa shape index (κ3) is 7.15. The van der Waals surface area contributed by atoms with E-state index in [1.807, 2.05) is 0 Å². The third-order valence-corrected chi connectivity index (χ3v) is 3.13. The van der Waals surface area contributed by atoms with E-state index < -0.39 is 0 Å². The second-order valence-corrected chi connectivity index (χ2v) is 4.68. The minimum absolute atomic E-state index is 0.607. The summed E-state index contributed by atoms with van der Waals surface area (Å²) in [5.74, 6) is 0.607. The standard InChI is InChI=1S/C12H24ClNO/c13-8-11-15-10-5-9-14-12-6-3-1-2-4-7-12/h12,14H,1-11H2. The van der Waals surface area contributed by atoms with Gasteiger partial charge < -0.3 is 10.1 Å². The van der Waals surface area contributed by atoms with E-state index in [0.717, 1.165) is 25.6 Å². The van der Waals surface area contributed by atoms with Gasteiger partial charge >= 0.3 is 0 Å². The predicted molar refractivity (Wildman–Crippen MR) is 65.6 cm³/mol. The first-order chi connectivity index (χ1) is 7.43. The fourth-order valence-corrected chi connectivity index (χ4v) is 2.23. The lowest BCUT2D eigenvalue weighted by atomic mass is 10.1. The molecule has 0 atom stereocenters. The van der Waals surface area contributed by atoms with Gasteiger partial charge in [-0.1, -0.05) is 25.7 Å². The molecule has 0 radical (unpaired) electrons. The quantitative estimate of drug-likeness (QED) is 0.415. The third-order valence-electron chi connectivity index (χ3n) is 2.98. The average molecular weight is 234 g/mol. The van der Waals surface area contributed by atoms with Crippen LogP contribution in [0.4, 0.5) is 0 Å². The zero-order valence-electron chi connectivity index (χ0n) is 9.64. The Labute approximate surface area is 98.7 Å². The molecule has 2 nitrogen and oxygen atoms in total. The van der Waals surface area contributed by atoms with Gasteiger partial charge in [0.1, 0.15) is 0 Å². The Bertz CT molecular complexity index is 136. The fourth-order valence-electron chi connectivity index (χ4n) is 2.12. The minimum Gasteiger partial charge on any atom is -0.380 e.